The van der Waals surface area contributed by atoms with E-state index < -0.39 is 0 Å². The van der Waals surface area contributed by atoms with Gasteiger partial charge in [0, 0.05) is 24.0 Å². The maximum atomic E-state index is 4.99. The highest BCUT2D eigenvalue weighted by Gasteiger charge is 2.24. The standard InChI is InChI=1S/C20H28N2S/c1-14-9-10-16(18(15(14)2)20(3,4)5)17-13-23-19(21-17)22-11-7-6-8-12-22/h9-10,13H,6-8,11-12H2,1-5H3. The number of anilines is 1. The van der Waals surface area contributed by atoms with Gasteiger partial charge in [-0.15, -0.1) is 11.3 Å². The van der Waals surface area contributed by atoms with Crippen molar-refractivity contribution < 1.29 is 0 Å². The van der Waals surface area contributed by atoms with E-state index in [0.29, 0.717) is 0 Å². The molecular formula is C20H28N2S. The number of piperidine rings is 1. The molecule has 124 valence electrons. The van der Waals surface area contributed by atoms with Crippen LogP contribution in [-0.2, 0) is 5.41 Å². The lowest BCUT2D eigenvalue weighted by Crippen LogP contribution is -2.29. The Morgan fingerprint density at radius 1 is 1.04 bits per heavy atom. The van der Waals surface area contributed by atoms with E-state index in [2.05, 4.69) is 57.0 Å². The third-order valence-corrected chi connectivity index (χ3v) is 5.78. The number of aromatic nitrogens is 1. The fourth-order valence-electron chi connectivity index (χ4n) is 3.61. The molecule has 3 rings (SSSR count). The second-order valence-electron chi connectivity index (χ2n) is 7.74. The first-order valence-electron chi connectivity index (χ1n) is 8.69. The molecular weight excluding hydrogens is 300 g/mol. The van der Waals surface area contributed by atoms with Crippen molar-refractivity contribution in [1.82, 2.24) is 4.98 Å². The summed E-state index contributed by atoms with van der Waals surface area (Å²) in [5.74, 6) is 0. The Hall–Kier alpha value is -1.35. The minimum absolute atomic E-state index is 0.125. The van der Waals surface area contributed by atoms with E-state index in [0.717, 1.165) is 18.8 Å². The van der Waals surface area contributed by atoms with Crippen molar-refractivity contribution in [3.8, 4) is 11.3 Å². The molecule has 0 N–H and O–H groups in total. The van der Waals surface area contributed by atoms with Crippen LogP contribution in [0.4, 0.5) is 5.13 Å². The summed E-state index contributed by atoms with van der Waals surface area (Å²) in [5, 5.41) is 3.43. The van der Waals surface area contributed by atoms with Gasteiger partial charge in [-0.25, -0.2) is 4.98 Å². The molecule has 23 heavy (non-hydrogen) atoms. The van der Waals surface area contributed by atoms with Crippen LogP contribution in [0.3, 0.4) is 0 Å². The molecule has 1 fully saturated rings. The Labute approximate surface area is 144 Å². The molecule has 0 radical (unpaired) electrons. The largest absolute Gasteiger partial charge is 0.348 e. The van der Waals surface area contributed by atoms with Gasteiger partial charge < -0.3 is 4.90 Å². The molecule has 1 aromatic heterocycles. The SMILES string of the molecule is Cc1ccc(-c2csc(N3CCCCC3)n2)c(C(C)(C)C)c1C. The molecule has 0 saturated carbocycles. The van der Waals surface area contributed by atoms with Crippen LogP contribution in [-0.4, -0.2) is 18.1 Å². The van der Waals surface area contributed by atoms with E-state index >= 15 is 0 Å². The normalized spacial score (nSPS) is 16.0. The molecule has 1 aliphatic rings. The van der Waals surface area contributed by atoms with Gasteiger partial charge in [0.2, 0.25) is 0 Å². The zero-order chi connectivity index (χ0) is 16.6. The Morgan fingerprint density at radius 2 is 1.74 bits per heavy atom. The molecule has 1 aliphatic heterocycles. The summed E-state index contributed by atoms with van der Waals surface area (Å²) >= 11 is 1.80. The highest BCUT2D eigenvalue weighted by atomic mass is 32.1. The van der Waals surface area contributed by atoms with Gasteiger partial charge in [0.1, 0.15) is 0 Å². The number of rotatable bonds is 2. The fraction of sp³-hybridized carbons (Fsp3) is 0.550. The van der Waals surface area contributed by atoms with E-state index in [1.165, 1.54) is 46.6 Å². The maximum Gasteiger partial charge on any atom is 0.185 e. The van der Waals surface area contributed by atoms with Gasteiger partial charge in [0.05, 0.1) is 5.69 Å². The average Bonchev–Trinajstić information content (AvgIpc) is 2.99. The van der Waals surface area contributed by atoms with E-state index in [9.17, 15) is 0 Å². The minimum Gasteiger partial charge on any atom is -0.348 e. The molecule has 0 spiro atoms. The van der Waals surface area contributed by atoms with Gasteiger partial charge in [-0.2, -0.15) is 0 Å². The summed E-state index contributed by atoms with van der Waals surface area (Å²) in [4.78, 5) is 7.45. The van der Waals surface area contributed by atoms with Crippen molar-refractivity contribution >= 4 is 16.5 Å². The Balaban J connectivity index is 2.02. The van der Waals surface area contributed by atoms with Crippen LogP contribution >= 0.6 is 11.3 Å². The van der Waals surface area contributed by atoms with Gasteiger partial charge in [0.25, 0.3) is 0 Å². The second-order valence-corrected chi connectivity index (χ2v) is 8.58. The van der Waals surface area contributed by atoms with E-state index in [1.807, 2.05) is 0 Å². The predicted octanol–water partition coefficient (Wildman–Crippen LogP) is 5.71. The van der Waals surface area contributed by atoms with Crippen molar-refractivity contribution in [3.63, 3.8) is 0 Å². The number of benzene rings is 1. The molecule has 1 aromatic carbocycles. The van der Waals surface area contributed by atoms with E-state index in [1.54, 1.807) is 11.3 Å². The van der Waals surface area contributed by atoms with Crippen LogP contribution in [0.15, 0.2) is 17.5 Å². The summed E-state index contributed by atoms with van der Waals surface area (Å²) in [6, 6.07) is 4.50. The molecule has 0 aliphatic carbocycles. The van der Waals surface area contributed by atoms with Crippen molar-refractivity contribution in [2.45, 2.75) is 59.3 Å². The zero-order valence-electron chi connectivity index (χ0n) is 15.1. The first-order chi connectivity index (χ1) is 10.9. The average molecular weight is 329 g/mol. The number of aryl methyl sites for hydroxylation is 1. The minimum atomic E-state index is 0.125. The number of thiazole rings is 1. The molecule has 0 unspecified atom stereocenters. The first-order valence-corrected chi connectivity index (χ1v) is 9.57. The summed E-state index contributed by atoms with van der Waals surface area (Å²) in [6.45, 7) is 13.7. The van der Waals surface area contributed by atoms with Crippen molar-refractivity contribution in [3.05, 3.63) is 34.2 Å². The van der Waals surface area contributed by atoms with Crippen LogP contribution in [0.5, 0.6) is 0 Å². The van der Waals surface area contributed by atoms with E-state index in [-0.39, 0.29) is 5.41 Å². The van der Waals surface area contributed by atoms with Crippen molar-refractivity contribution in [2.24, 2.45) is 0 Å². The number of nitrogens with zero attached hydrogens (tertiary/aromatic N) is 2. The van der Waals surface area contributed by atoms with Crippen LogP contribution in [0.25, 0.3) is 11.3 Å². The molecule has 3 heteroatoms. The Bertz CT molecular complexity index is 688. The molecule has 1 saturated heterocycles. The summed E-state index contributed by atoms with van der Waals surface area (Å²) in [5.41, 5.74) is 6.78. The number of hydrogen-bond acceptors (Lipinski definition) is 3. The van der Waals surface area contributed by atoms with Gasteiger partial charge in [-0.05, 0) is 55.2 Å². The Kier molecular flexibility index (Phi) is 4.50. The third kappa shape index (κ3) is 3.30. The van der Waals surface area contributed by atoms with Crippen LogP contribution in [0.1, 0.15) is 56.7 Å². The maximum absolute atomic E-state index is 4.99. The number of hydrogen-bond donors (Lipinski definition) is 0. The lowest BCUT2D eigenvalue weighted by molar-refractivity contribution is 0.577. The summed E-state index contributed by atoms with van der Waals surface area (Å²) < 4.78 is 0. The molecule has 0 atom stereocenters. The highest BCUT2D eigenvalue weighted by molar-refractivity contribution is 7.14. The molecule has 0 amide bonds. The van der Waals surface area contributed by atoms with Gasteiger partial charge >= 0.3 is 0 Å². The lowest BCUT2D eigenvalue weighted by Gasteiger charge is -2.27. The van der Waals surface area contributed by atoms with Crippen molar-refractivity contribution in [1.29, 1.82) is 0 Å². The monoisotopic (exact) mass is 328 g/mol. The highest BCUT2D eigenvalue weighted by Crippen LogP contribution is 2.38. The fourth-order valence-corrected chi connectivity index (χ4v) is 4.49. The van der Waals surface area contributed by atoms with Gasteiger partial charge in [-0.3, -0.25) is 0 Å². The topological polar surface area (TPSA) is 16.1 Å². The first kappa shape index (κ1) is 16.5. The van der Waals surface area contributed by atoms with Crippen LogP contribution in [0, 0.1) is 13.8 Å². The van der Waals surface area contributed by atoms with Crippen LogP contribution < -0.4 is 4.90 Å². The smallest absolute Gasteiger partial charge is 0.185 e. The van der Waals surface area contributed by atoms with Crippen LogP contribution in [0.2, 0.25) is 0 Å². The molecule has 0 bridgehead atoms. The lowest BCUT2D eigenvalue weighted by atomic mass is 9.79. The second kappa shape index (κ2) is 6.27. The summed E-state index contributed by atoms with van der Waals surface area (Å²) in [6.07, 6.45) is 3.96. The quantitative estimate of drug-likeness (QED) is 0.701. The van der Waals surface area contributed by atoms with E-state index in [4.69, 9.17) is 4.98 Å². The predicted molar refractivity (Wildman–Crippen MR) is 102 cm³/mol. The van der Waals surface area contributed by atoms with Gasteiger partial charge in [0.15, 0.2) is 5.13 Å². The molecule has 2 aromatic rings. The zero-order valence-corrected chi connectivity index (χ0v) is 15.9. The Morgan fingerprint density at radius 3 is 2.39 bits per heavy atom. The third-order valence-electron chi connectivity index (χ3n) is 4.88. The summed E-state index contributed by atoms with van der Waals surface area (Å²) in [7, 11) is 0. The molecule has 2 nitrogen and oxygen atoms in total. The van der Waals surface area contributed by atoms with Crippen molar-refractivity contribution in [2.75, 3.05) is 18.0 Å². The molecule has 2 heterocycles. The van der Waals surface area contributed by atoms with Gasteiger partial charge in [-0.1, -0.05) is 32.9 Å².